The molecule has 0 radical (unpaired) electrons. The lowest BCUT2D eigenvalue weighted by molar-refractivity contribution is -0.127. The SMILES string of the molecule is CC(C)(C)OC(=O)NC1(C(=O)NC2CC2)CCN(c2ccc(F)c(C=NO)c2Cn2cnc3c(NC(=O)O)ncnc32)C1. The molecule has 2 aliphatic rings. The number of rotatable bonds is 8. The standard InChI is InChI=1S/C27H32FN9O6/c1-26(2,3)43-25(41)35-27(23(38)33-15-4-5-15)8-9-36(12-27)19-7-6-18(28)16(10-32-42)17(19)11-37-14-31-20-21(34-24(39)40)29-13-30-22(20)37/h6-7,10,13-15,42H,4-5,8-9,11-12H2,1-3H3,(H,33,38)(H,35,41)(H,39,40)(H,29,30,34). The number of anilines is 2. The van der Waals surface area contributed by atoms with Gasteiger partial charge in [-0.15, -0.1) is 0 Å². The Morgan fingerprint density at radius 1 is 1.23 bits per heavy atom. The third kappa shape index (κ3) is 6.42. The molecule has 0 spiro atoms. The number of benzene rings is 1. The summed E-state index contributed by atoms with van der Waals surface area (Å²) in [5.74, 6) is -1.01. The van der Waals surface area contributed by atoms with Crippen LogP contribution in [0.25, 0.3) is 11.2 Å². The first-order valence-electron chi connectivity index (χ1n) is 13.6. The van der Waals surface area contributed by atoms with E-state index in [0.29, 0.717) is 17.8 Å². The molecule has 0 bridgehead atoms. The highest BCUT2D eigenvalue weighted by atomic mass is 19.1. The number of ether oxygens (including phenoxy) is 1. The molecule has 1 unspecified atom stereocenters. The predicted octanol–water partition coefficient (Wildman–Crippen LogP) is 2.66. The average Bonchev–Trinajstić information content (AvgIpc) is 3.48. The summed E-state index contributed by atoms with van der Waals surface area (Å²) in [6.45, 7) is 5.53. The van der Waals surface area contributed by atoms with Gasteiger partial charge in [-0.2, -0.15) is 0 Å². The van der Waals surface area contributed by atoms with E-state index in [1.54, 1.807) is 31.4 Å². The second kappa shape index (κ2) is 11.3. The van der Waals surface area contributed by atoms with E-state index >= 15 is 4.39 Å². The summed E-state index contributed by atoms with van der Waals surface area (Å²) >= 11 is 0. The van der Waals surface area contributed by atoms with Gasteiger partial charge in [0.1, 0.15) is 23.3 Å². The maximum Gasteiger partial charge on any atom is 0.410 e. The Bertz CT molecular complexity index is 1600. The topological polar surface area (TPSA) is 196 Å². The summed E-state index contributed by atoms with van der Waals surface area (Å²) in [4.78, 5) is 51.8. The molecule has 2 aromatic heterocycles. The van der Waals surface area contributed by atoms with Gasteiger partial charge in [-0.25, -0.2) is 28.9 Å². The molecule has 3 aromatic rings. The molecule has 16 heteroatoms. The van der Waals surface area contributed by atoms with E-state index in [4.69, 9.17) is 9.84 Å². The highest BCUT2D eigenvalue weighted by Crippen LogP contribution is 2.34. The number of nitrogens with one attached hydrogen (secondary N) is 3. The van der Waals surface area contributed by atoms with Crippen molar-refractivity contribution < 1.29 is 33.8 Å². The molecule has 1 aliphatic heterocycles. The molecule has 1 aromatic carbocycles. The van der Waals surface area contributed by atoms with Crippen molar-refractivity contribution in [2.75, 3.05) is 23.3 Å². The van der Waals surface area contributed by atoms with E-state index in [1.807, 2.05) is 4.90 Å². The molecule has 5 rings (SSSR count). The van der Waals surface area contributed by atoms with Crippen molar-refractivity contribution in [3.63, 3.8) is 0 Å². The third-order valence-corrected chi connectivity index (χ3v) is 7.12. The van der Waals surface area contributed by atoms with Gasteiger partial charge in [0.25, 0.3) is 0 Å². The Labute approximate surface area is 245 Å². The number of alkyl carbamates (subject to hydrolysis) is 1. The van der Waals surface area contributed by atoms with Gasteiger partial charge in [-0.3, -0.25) is 10.1 Å². The Balaban J connectivity index is 1.52. The summed E-state index contributed by atoms with van der Waals surface area (Å²) in [5.41, 5.74) is -0.780. The number of nitrogens with zero attached hydrogens (tertiary/aromatic N) is 6. The molecule has 3 heterocycles. The monoisotopic (exact) mass is 597 g/mol. The first kappa shape index (κ1) is 29.5. The average molecular weight is 598 g/mol. The Morgan fingerprint density at radius 2 is 2.00 bits per heavy atom. The summed E-state index contributed by atoms with van der Waals surface area (Å²) < 4.78 is 22.2. The molecule has 43 heavy (non-hydrogen) atoms. The summed E-state index contributed by atoms with van der Waals surface area (Å²) in [7, 11) is 0. The molecule has 1 saturated heterocycles. The number of carbonyl (C=O) groups is 3. The summed E-state index contributed by atoms with van der Waals surface area (Å²) in [6, 6.07) is 2.82. The molecule has 15 nitrogen and oxygen atoms in total. The van der Waals surface area contributed by atoms with Gasteiger partial charge in [0, 0.05) is 29.4 Å². The van der Waals surface area contributed by atoms with Crippen LogP contribution in [0.5, 0.6) is 0 Å². The zero-order valence-electron chi connectivity index (χ0n) is 23.8. The highest BCUT2D eigenvalue weighted by Gasteiger charge is 2.48. The fourth-order valence-corrected chi connectivity index (χ4v) is 5.05. The van der Waals surface area contributed by atoms with Crippen molar-refractivity contribution in [1.29, 1.82) is 0 Å². The number of carboxylic acid groups (broad SMARTS) is 1. The quantitative estimate of drug-likeness (QED) is 0.146. The van der Waals surface area contributed by atoms with Crippen LogP contribution in [-0.2, 0) is 16.1 Å². The number of hydrogen-bond donors (Lipinski definition) is 5. The van der Waals surface area contributed by atoms with Crippen LogP contribution in [-0.4, -0.2) is 84.4 Å². The van der Waals surface area contributed by atoms with Gasteiger partial charge in [-0.1, -0.05) is 5.16 Å². The van der Waals surface area contributed by atoms with Gasteiger partial charge in [0.15, 0.2) is 17.0 Å². The van der Waals surface area contributed by atoms with E-state index in [9.17, 15) is 19.6 Å². The first-order valence-corrected chi connectivity index (χ1v) is 13.6. The fraction of sp³-hybridized carbons (Fsp3) is 0.444. The maximum absolute atomic E-state index is 15.1. The van der Waals surface area contributed by atoms with Crippen LogP contribution in [0.4, 0.5) is 25.5 Å². The van der Waals surface area contributed by atoms with Gasteiger partial charge < -0.3 is 35.2 Å². The van der Waals surface area contributed by atoms with E-state index < -0.39 is 29.1 Å². The van der Waals surface area contributed by atoms with Crippen LogP contribution in [0.3, 0.4) is 0 Å². The lowest BCUT2D eigenvalue weighted by atomic mass is 9.97. The van der Waals surface area contributed by atoms with Gasteiger partial charge in [0.2, 0.25) is 5.91 Å². The minimum absolute atomic E-state index is 0.0141. The number of carbonyl (C=O) groups excluding carboxylic acids is 2. The molecule has 1 aliphatic carbocycles. The number of amides is 3. The van der Waals surface area contributed by atoms with E-state index in [-0.39, 0.29) is 54.0 Å². The van der Waals surface area contributed by atoms with E-state index in [2.05, 4.69) is 36.1 Å². The van der Waals surface area contributed by atoms with Crippen molar-refractivity contribution in [2.24, 2.45) is 5.16 Å². The largest absolute Gasteiger partial charge is 0.465 e. The predicted molar refractivity (Wildman–Crippen MR) is 152 cm³/mol. The minimum atomic E-state index is -1.33. The maximum atomic E-state index is 15.1. The van der Waals surface area contributed by atoms with Crippen LogP contribution in [0.15, 0.2) is 29.9 Å². The van der Waals surface area contributed by atoms with Gasteiger partial charge in [0.05, 0.1) is 25.6 Å². The van der Waals surface area contributed by atoms with Crippen molar-refractivity contribution in [1.82, 2.24) is 30.2 Å². The van der Waals surface area contributed by atoms with Crippen molar-refractivity contribution in [2.45, 2.75) is 63.8 Å². The van der Waals surface area contributed by atoms with Gasteiger partial charge >= 0.3 is 12.2 Å². The van der Waals surface area contributed by atoms with Crippen molar-refractivity contribution >= 4 is 47.0 Å². The minimum Gasteiger partial charge on any atom is -0.465 e. The Hall–Kier alpha value is -5.02. The molecule has 3 amide bonds. The first-order chi connectivity index (χ1) is 20.4. The Morgan fingerprint density at radius 3 is 2.67 bits per heavy atom. The number of imidazole rings is 1. The number of fused-ring (bicyclic) bond motifs is 1. The summed E-state index contributed by atoms with van der Waals surface area (Å²) in [5, 5.41) is 29.5. The van der Waals surface area contributed by atoms with Crippen LogP contribution in [0, 0.1) is 5.82 Å². The molecule has 2 fully saturated rings. The molecule has 5 N–H and O–H groups in total. The van der Waals surface area contributed by atoms with Crippen molar-refractivity contribution in [3.05, 3.63) is 41.7 Å². The van der Waals surface area contributed by atoms with Gasteiger partial charge in [-0.05, 0) is 52.2 Å². The molecule has 1 atom stereocenters. The second-order valence-electron chi connectivity index (χ2n) is 11.5. The summed E-state index contributed by atoms with van der Waals surface area (Å²) in [6.07, 6.45) is 3.45. The molecule has 228 valence electrons. The lowest BCUT2D eigenvalue weighted by Gasteiger charge is -2.31. The second-order valence-corrected chi connectivity index (χ2v) is 11.5. The van der Waals surface area contributed by atoms with Crippen LogP contribution in [0.1, 0.15) is 51.2 Å². The smallest absolute Gasteiger partial charge is 0.410 e. The number of oxime groups is 1. The zero-order chi connectivity index (χ0) is 30.9. The van der Waals surface area contributed by atoms with E-state index in [1.165, 1.54) is 18.7 Å². The molecule has 1 saturated carbocycles. The third-order valence-electron chi connectivity index (χ3n) is 7.12. The molecular weight excluding hydrogens is 565 g/mol. The Kier molecular flexibility index (Phi) is 7.77. The lowest BCUT2D eigenvalue weighted by Crippen LogP contribution is -2.61. The molecular formula is C27H32FN9O6. The van der Waals surface area contributed by atoms with Crippen LogP contribution in [0.2, 0.25) is 0 Å². The van der Waals surface area contributed by atoms with E-state index in [0.717, 1.165) is 19.1 Å². The van der Waals surface area contributed by atoms with Crippen LogP contribution >= 0.6 is 0 Å². The van der Waals surface area contributed by atoms with Crippen LogP contribution < -0.4 is 20.9 Å². The number of hydrogen-bond acceptors (Lipinski definition) is 10. The normalized spacial score (nSPS) is 18.7. The number of halogens is 1. The number of aromatic nitrogens is 4. The van der Waals surface area contributed by atoms with Crippen molar-refractivity contribution in [3.8, 4) is 0 Å². The zero-order valence-corrected chi connectivity index (χ0v) is 23.8. The fourth-order valence-electron chi connectivity index (χ4n) is 5.05. The highest BCUT2D eigenvalue weighted by molar-refractivity contribution is 5.93.